The normalized spacial score (nSPS) is 13.6. The highest BCUT2D eigenvalue weighted by molar-refractivity contribution is 7.66. The highest BCUT2D eigenvalue weighted by Gasteiger charge is 2.34. The number of ether oxygens (including phenoxy) is 1. The van der Waals surface area contributed by atoms with Crippen LogP contribution in [0.4, 0.5) is 0 Å². The minimum absolute atomic E-state index is 0.0962. The van der Waals surface area contributed by atoms with Gasteiger partial charge in [-0.3, -0.25) is 0 Å². The van der Waals surface area contributed by atoms with Gasteiger partial charge in [0.05, 0.1) is 0 Å². The molecule has 2 unspecified atom stereocenters. The van der Waals surface area contributed by atoms with Gasteiger partial charge in [0.1, 0.15) is 12.4 Å². The second-order valence-electron chi connectivity index (χ2n) is 8.95. The van der Waals surface area contributed by atoms with Gasteiger partial charge in [0.15, 0.2) is 0 Å². The van der Waals surface area contributed by atoms with E-state index in [9.17, 15) is 0 Å². The number of hydrogen-bond acceptors (Lipinski definition) is 1. The van der Waals surface area contributed by atoms with E-state index in [1.807, 2.05) is 0 Å². The first-order valence-electron chi connectivity index (χ1n) is 11.7. The van der Waals surface area contributed by atoms with Gasteiger partial charge in [-0.25, -0.2) is 0 Å². The summed E-state index contributed by atoms with van der Waals surface area (Å²) >= 11 is 0. The number of aryl methyl sites for hydroxylation is 2. The van der Waals surface area contributed by atoms with E-state index in [-0.39, 0.29) is 13.1 Å². The van der Waals surface area contributed by atoms with Crippen molar-refractivity contribution in [3.05, 3.63) is 89.0 Å². The highest BCUT2D eigenvalue weighted by atomic mass is 31.1. The van der Waals surface area contributed by atoms with Crippen LogP contribution in [-0.2, 0) is 11.8 Å². The van der Waals surface area contributed by atoms with Crippen LogP contribution in [0.5, 0.6) is 5.75 Å². The molecule has 0 aliphatic rings. The molecule has 0 radical (unpaired) electrons. The first-order chi connectivity index (χ1) is 15.4. The Kier molecular flexibility index (Phi) is 8.93. The lowest BCUT2D eigenvalue weighted by Crippen LogP contribution is -2.30. The van der Waals surface area contributed by atoms with E-state index in [2.05, 4.69) is 108 Å². The molecule has 2 atom stereocenters. The molecule has 170 valence electrons. The van der Waals surface area contributed by atoms with Gasteiger partial charge in [-0.1, -0.05) is 103 Å². The zero-order valence-corrected chi connectivity index (χ0v) is 22.4. The summed E-state index contributed by atoms with van der Waals surface area (Å²) < 4.78 is 6.49. The van der Waals surface area contributed by atoms with E-state index in [0.717, 1.165) is 20.8 Å². The fraction of sp³-hybridized carbons (Fsp3) is 0.379. The Balaban J connectivity index is 2.07. The van der Waals surface area contributed by atoms with Gasteiger partial charge in [-0.05, 0) is 67.8 Å². The zero-order valence-electron chi connectivity index (χ0n) is 20.5. The smallest absolute Gasteiger partial charge is 0.123 e. The molecule has 3 rings (SSSR count). The predicted molar refractivity (Wildman–Crippen MR) is 146 cm³/mol. The Morgan fingerprint density at radius 1 is 0.906 bits per heavy atom. The number of rotatable bonds is 10. The van der Waals surface area contributed by atoms with E-state index in [0.29, 0.717) is 6.61 Å². The van der Waals surface area contributed by atoms with Gasteiger partial charge in [0.2, 0.25) is 0 Å². The van der Waals surface area contributed by atoms with Crippen LogP contribution in [-0.4, -0.2) is 13.3 Å². The minimum atomic E-state index is -0.144. The summed E-state index contributed by atoms with van der Waals surface area (Å²) in [7, 11) is 0.597. The monoisotopic (exact) mass is 464 g/mol. The van der Waals surface area contributed by atoms with Crippen molar-refractivity contribution in [2.45, 2.75) is 58.7 Å². The van der Waals surface area contributed by atoms with Crippen molar-refractivity contribution in [1.29, 1.82) is 0 Å². The van der Waals surface area contributed by atoms with Crippen LogP contribution < -0.4 is 15.3 Å². The van der Waals surface area contributed by atoms with Crippen LogP contribution in [0.2, 0.25) is 0 Å². The summed E-state index contributed by atoms with van der Waals surface area (Å²) in [5.41, 5.74) is 5.35. The fourth-order valence-electron chi connectivity index (χ4n) is 4.45. The van der Waals surface area contributed by atoms with Crippen LogP contribution in [0.25, 0.3) is 0 Å². The summed E-state index contributed by atoms with van der Waals surface area (Å²) in [5.74, 6) is 1.05. The minimum Gasteiger partial charge on any atom is -0.489 e. The lowest BCUT2D eigenvalue weighted by Gasteiger charge is -2.36. The van der Waals surface area contributed by atoms with E-state index < -0.39 is 0 Å². The molecule has 0 amide bonds. The van der Waals surface area contributed by atoms with Crippen molar-refractivity contribution in [1.82, 2.24) is 0 Å². The standard InChI is InChI=1S/C29H38OP2/c1-7-19-29(8-2,31-28-23(4)13-12-16-27(28)32(5)6)25-20-22(3)17-18-26(25)30-21-24-14-10-9-11-15-24/h9-18,20,31H,7-8,19,21H2,1-6H3. The first-order valence-corrected chi connectivity index (χ1v) is 15.0. The third-order valence-electron chi connectivity index (χ3n) is 6.27. The Labute approximate surface area is 198 Å². The molecule has 3 heteroatoms. The van der Waals surface area contributed by atoms with Gasteiger partial charge in [-0.2, -0.15) is 0 Å². The van der Waals surface area contributed by atoms with Gasteiger partial charge in [0.25, 0.3) is 0 Å². The summed E-state index contributed by atoms with van der Waals surface area (Å²) in [6.45, 7) is 14.6. The Morgan fingerprint density at radius 3 is 2.31 bits per heavy atom. The molecule has 3 aromatic rings. The van der Waals surface area contributed by atoms with Crippen molar-refractivity contribution in [3.8, 4) is 5.75 Å². The maximum atomic E-state index is 6.49. The average Bonchev–Trinajstić information content (AvgIpc) is 2.79. The molecule has 0 fully saturated rings. The SMILES string of the molecule is CCCC(CC)(Pc1c(C)cccc1P(C)C)c1cc(C)ccc1OCc1ccccc1. The number of hydrogen-bond donors (Lipinski definition) is 0. The van der Waals surface area contributed by atoms with Crippen molar-refractivity contribution < 1.29 is 4.74 Å². The van der Waals surface area contributed by atoms with Crippen molar-refractivity contribution >= 4 is 27.1 Å². The summed E-state index contributed by atoms with van der Waals surface area (Å²) in [6.07, 6.45) is 3.46. The summed E-state index contributed by atoms with van der Waals surface area (Å²) in [4.78, 5) is 0. The lowest BCUT2D eigenvalue weighted by atomic mass is 9.89. The Morgan fingerprint density at radius 2 is 1.66 bits per heavy atom. The molecule has 1 nitrogen and oxygen atoms in total. The molecule has 32 heavy (non-hydrogen) atoms. The second kappa shape index (κ2) is 11.4. The average molecular weight is 465 g/mol. The summed E-state index contributed by atoms with van der Waals surface area (Å²) in [6, 6.07) is 24.2. The Bertz CT molecular complexity index is 1010. The number of benzene rings is 3. The van der Waals surface area contributed by atoms with Crippen LogP contribution >= 0.6 is 16.5 Å². The molecule has 0 spiro atoms. The van der Waals surface area contributed by atoms with E-state index in [1.165, 1.54) is 35.1 Å². The molecule has 3 aromatic carbocycles. The molecule has 0 heterocycles. The van der Waals surface area contributed by atoms with Crippen molar-refractivity contribution in [2.75, 3.05) is 13.3 Å². The third kappa shape index (κ3) is 5.81. The quantitative estimate of drug-likeness (QED) is 0.280. The van der Waals surface area contributed by atoms with E-state index in [1.54, 1.807) is 10.6 Å². The van der Waals surface area contributed by atoms with Crippen LogP contribution in [0.15, 0.2) is 66.7 Å². The molecule has 0 saturated heterocycles. The van der Waals surface area contributed by atoms with E-state index in [4.69, 9.17) is 4.74 Å². The van der Waals surface area contributed by atoms with Crippen LogP contribution in [0, 0.1) is 13.8 Å². The molecule has 0 saturated carbocycles. The Hall–Kier alpha value is -1.68. The molecule has 0 aromatic heterocycles. The van der Waals surface area contributed by atoms with Crippen molar-refractivity contribution in [3.63, 3.8) is 0 Å². The lowest BCUT2D eigenvalue weighted by molar-refractivity contribution is 0.298. The topological polar surface area (TPSA) is 9.23 Å². The summed E-state index contributed by atoms with van der Waals surface area (Å²) in [5, 5.41) is 3.24. The molecule has 0 N–H and O–H groups in total. The maximum Gasteiger partial charge on any atom is 0.123 e. The molecular formula is C29H38OP2. The molecular weight excluding hydrogens is 426 g/mol. The maximum absolute atomic E-state index is 6.49. The van der Waals surface area contributed by atoms with Crippen molar-refractivity contribution in [2.24, 2.45) is 0 Å². The second-order valence-corrected chi connectivity index (χ2v) is 12.9. The fourth-order valence-corrected chi connectivity index (χ4v) is 8.15. The zero-order chi connectivity index (χ0) is 23.1. The van der Waals surface area contributed by atoms with Crippen LogP contribution in [0.1, 0.15) is 55.4 Å². The molecule has 0 aliphatic carbocycles. The molecule has 0 aliphatic heterocycles. The molecule has 0 bridgehead atoms. The van der Waals surface area contributed by atoms with Gasteiger partial charge in [0, 0.05) is 10.7 Å². The van der Waals surface area contributed by atoms with E-state index >= 15 is 0 Å². The largest absolute Gasteiger partial charge is 0.489 e. The van der Waals surface area contributed by atoms with Gasteiger partial charge >= 0.3 is 0 Å². The van der Waals surface area contributed by atoms with Gasteiger partial charge < -0.3 is 4.74 Å². The third-order valence-corrected chi connectivity index (χ3v) is 10.1. The first kappa shape index (κ1) is 25.0. The highest BCUT2D eigenvalue weighted by Crippen LogP contribution is 2.51. The predicted octanol–water partition coefficient (Wildman–Crippen LogP) is 7.66. The van der Waals surface area contributed by atoms with Gasteiger partial charge in [-0.15, -0.1) is 0 Å². The van der Waals surface area contributed by atoms with Crippen LogP contribution in [0.3, 0.4) is 0 Å².